The topological polar surface area (TPSA) is 119 Å². The number of nitrogens with zero attached hydrogens (tertiary/aromatic N) is 4. The minimum Gasteiger partial charge on any atom is -0.300 e. The van der Waals surface area contributed by atoms with E-state index in [4.69, 9.17) is 0 Å². The number of aryl methyl sites for hydroxylation is 2. The third-order valence-corrected chi connectivity index (χ3v) is 8.41. The van der Waals surface area contributed by atoms with Gasteiger partial charge in [0.25, 0.3) is 17.4 Å². The minimum atomic E-state index is -0.535. The number of imide groups is 2. The lowest BCUT2D eigenvalue weighted by atomic mass is 9.80. The molecule has 1 aromatic rings. The van der Waals surface area contributed by atoms with Crippen molar-refractivity contribution in [2.75, 3.05) is 14.1 Å². The Bertz CT molecular complexity index is 1390. The largest absolute Gasteiger partial charge is 0.330 e. The van der Waals surface area contributed by atoms with Crippen molar-refractivity contribution < 1.29 is 19.2 Å². The molecule has 10 heteroatoms. The first kappa shape index (κ1) is 27.5. The molecule has 1 aromatic heterocycles. The fourth-order valence-corrected chi connectivity index (χ4v) is 5.89. The highest BCUT2D eigenvalue weighted by Crippen LogP contribution is 2.36. The van der Waals surface area contributed by atoms with Crippen LogP contribution in [0.3, 0.4) is 0 Å². The molecular formula is C28H36N4O6. The summed E-state index contributed by atoms with van der Waals surface area (Å²) in [5, 5.41) is 0. The standard InChI is InChI=1S/C28H36N4O6/c1-16-15-31-12-8-6-10-19-17(2)21(26(36)29(4)24(19)34)14-22-18(3)20(25(35)30(5)27(22)37)11-7-9-13-32(23(16)33)28(31)38/h15,19-20H,6-14H2,1-5H3. The Hall–Kier alpha value is -3.56. The molecule has 0 fully saturated rings. The number of hydrogen-bond donors (Lipinski definition) is 0. The zero-order chi connectivity index (χ0) is 27.9. The molecule has 0 aliphatic carbocycles. The summed E-state index contributed by atoms with van der Waals surface area (Å²) in [7, 11) is 2.91. The molecule has 0 spiro atoms. The van der Waals surface area contributed by atoms with Crippen molar-refractivity contribution in [3.63, 3.8) is 0 Å². The number of fused-ring (bicyclic) bond motifs is 4. The highest BCUT2D eigenvalue weighted by Gasteiger charge is 2.41. The molecule has 4 amide bonds. The van der Waals surface area contributed by atoms with Gasteiger partial charge < -0.3 is 4.57 Å². The van der Waals surface area contributed by atoms with Crippen LogP contribution in [0, 0.1) is 18.8 Å². The number of carbonyl (C=O) groups is 4. The van der Waals surface area contributed by atoms with Crippen LogP contribution in [-0.4, -0.2) is 56.7 Å². The number of carbonyl (C=O) groups excluding carboxylic acids is 4. The summed E-state index contributed by atoms with van der Waals surface area (Å²) in [6.07, 6.45) is 4.96. The summed E-state index contributed by atoms with van der Waals surface area (Å²) in [6.45, 7) is 5.89. The van der Waals surface area contributed by atoms with E-state index in [1.165, 1.54) is 18.7 Å². The molecule has 6 bridgehead atoms. The summed E-state index contributed by atoms with van der Waals surface area (Å²) in [6, 6.07) is 0. The Labute approximate surface area is 221 Å². The summed E-state index contributed by atoms with van der Waals surface area (Å²) < 4.78 is 2.81. The predicted molar refractivity (Wildman–Crippen MR) is 140 cm³/mol. The molecule has 204 valence electrons. The van der Waals surface area contributed by atoms with Crippen LogP contribution in [0.25, 0.3) is 0 Å². The first-order valence-corrected chi connectivity index (χ1v) is 13.3. The van der Waals surface area contributed by atoms with Gasteiger partial charge >= 0.3 is 5.69 Å². The van der Waals surface area contributed by atoms with Gasteiger partial charge in [-0.1, -0.05) is 24.0 Å². The lowest BCUT2D eigenvalue weighted by Gasteiger charge is -2.34. The monoisotopic (exact) mass is 524 g/mol. The number of hydrogen-bond acceptors (Lipinski definition) is 6. The van der Waals surface area contributed by atoms with Crippen LogP contribution in [-0.2, 0) is 32.3 Å². The quantitative estimate of drug-likeness (QED) is 0.479. The average molecular weight is 525 g/mol. The molecule has 3 aliphatic rings. The van der Waals surface area contributed by atoms with Crippen LogP contribution >= 0.6 is 0 Å². The van der Waals surface area contributed by atoms with E-state index in [0.29, 0.717) is 72.9 Å². The normalized spacial score (nSPS) is 24.1. The molecule has 0 N–H and O–H groups in total. The van der Waals surface area contributed by atoms with Gasteiger partial charge in [0.2, 0.25) is 11.8 Å². The zero-order valence-electron chi connectivity index (χ0n) is 22.8. The van der Waals surface area contributed by atoms with E-state index in [-0.39, 0.29) is 36.0 Å². The van der Waals surface area contributed by atoms with Gasteiger partial charge in [0.05, 0.1) is 11.8 Å². The SMILES string of the molecule is CC1=C2CC3=C(C)C(CCCCn4c(=O)c(C)cn(c4=O)CCCCC1C(=O)N(C)C2=O)C(=O)N(C)C3=O. The van der Waals surface area contributed by atoms with Crippen LogP contribution in [0.1, 0.15) is 64.4 Å². The molecule has 2 unspecified atom stereocenters. The molecule has 4 rings (SSSR count). The molecule has 4 heterocycles. The highest BCUT2D eigenvalue weighted by molar-refractivity contribution is 6.13. The average Bonchev–Trinajstić information content (AvgIpc) is 2.88. The Kier molecular flexibility index (Phi) is 7.71. The van der Waals surface area contributed by atoms with Gasteiger partial charge in [-0.15, -0.1) is 0 Å². The van der Waals surface area contributed by atoms with Crippen LogP contribution in [0.4, 0.5) is 0 Å². The Morgan fingerprint density at radius 3 is 1.66 bits per heavy atom. The van der Waals surface area contributed by atoms with Crippen molar-refractivity contribution >= 4 is 23.6 Å². The number of likely N-dealkylation sites (N-methyl/N-ethyl adjacent to an activating group) is 2. The summed E-state index contributed by atoms with van der Waals surface area (Å²) in [5.74, 6) is -2.45. The molecule has 0 saturated carbocycles. The molecule has 0 saturated heterocycles. The fraction of sp³-hybridized carbons (Fsp3) is 0.571. The van der Waals surface area contributed by atoms with Gasteiger partial charge in [-0.05, 0) is 46.5 Å². The van der Waals surface area contributed by atoms with Crippen LogP contribution in [0.15, 0.2) is 38.1 Å². The van der Waals surface area contributed by atoms with Crippen LogP contribution in [0.5, 0.6) is 0 Å². The van der Waals surface area contributed by atoms with Crippen molar-refractivity contribution in [2.45, 2.75) is 78.8 Å². The Morgan fingerprint density at radius 2 is 1.16 bits per heavy atom. The van der Waals surface area contributed by atoms with Gasteiger partial charge in [-0.25, -0.2) is 4.79 Å². The number of amides is 4. The smallest absolute Gasteiger partial charge is 0.300 e. The summed E-state index contributed by atoms with van der Waals surface area (Å²) in [5.41, 5.74) is 1.95. The molecule has 2 atom stereocenters. The molecule has 3 aliphatic heterocycles. The first-order chi connectivity index (χ1) is 18.0. The second kappa shape index (κ2) is 10.7. The molecule has 0 aromatic carbocycles. The van der Waals surface area contributed by atoms with Gasteiger partial charge in [0.15, 0.2) is 0 Å². The van der Waals surface area contributed by atoms with Crippen LogP contribution in [0.2, 0.25) is 0 Å². The van der Waals surface area contributed by atoms with Crippen molar-refractivity contribution in [1.82, 2.24) is 18.9 Å². The maximum atomic E-state index is 13.2. The number of rotatable bonds is 0. The van der Waals surface area contributed by atoms with E-state index in [0.717, 1.165) is 9.80 Å². The molecule has 0 radical (unpaired) electrons. The molecule has 10 nitrogen and oxygen atoms in total. The van der Waals surface area contributed by atoms with E-state index in [1.807, 2.05) is 0 Å². The third kappa shape index (κ3) is 4.72. The number of aromatic nitrogens is 2. The third-order valence-electron chi connectivity index (χ3n) is 8.41. The zero-order valence-corrected chi connectivity index (χ0v) is 22.8. The second-order valence-electron chi connectivity index (χ2n) is 10.7. The Balaban J connectivity index is 1.78. The lowest BCUT2D eigenvalue weighted by molar-refractivity contribution is -0.145. The van der Waals surface area contributed by atoms with Crippen molar-refractivity contribution in [3.05, 3.63) is 54.9 Å². The van der Waals surface area contributed by atoms with Gasteiger partial charge in [0.1, 0.15) is 0 Å². The van der Waals surface area contributed by atoms with Gasteiger partial charge in [-0.3, -0.25) is 38.3 Å². The van der Waals surface area contributed by atoms with Crippen molar-refractivity contribution in [3.8, 4) is 0 Å². The second-order valence-corrected chi connectivity index (χ2v) is 10.7. The summed E-state index contributed by atoms with van der Waals surface area (Å²) >= 11 is 0. The predicted octanol–water partition coefficient (Wildman–Crippen LogP) is 1.93. The van der Waals surface area contributed by atoms with E-state index in [2.05, 4.69) is 0 Å². The van der Waals surface area contributed by atoms with E-state index < -0.39 is 23.7 Å². The maximum Gasteiger partial charge on any atom is 0.330 e. The maximum absolute atomic E-state index is 13.2. The van der Waals surface area contributed by atoms with Crippen molar-refractivity contribution in [1.29, 1.82) is 0 Å². The highest BCUT2D eigenvalue weighted by atomic mass is 16.2. The van der Waals surface area contributed by atoms with E-state index in [1.54, 1.807) is 31.5 Å². The van der Waals surface area contributed by atoms with Gasteiger partial charge in [-0.2, -0.15) is 0 Å². The molecular weight excluding hydrogens is 488 g/mol. The van der Waals surface area contributed by atoms with E-state index >= 15 is 0 Å². The van der Waals surface area contributed by atoms with Crippen molar-refractivity contribution in [2.24, 2.45) is 11.8 Å². The van der Waals surface area contributed by atoms with E-state index in [9.17, 15) is 28.8 Å². The molecule has 38 heavy (non-hydrogen) atoms. The summed E-state index contributed by atoms with van der Waals surface area (Å²) in [4.78, 5) is 80.4. The lowest BCUT2D eigenvalue weighted by Crippen LogP contribution is -2.46. The first-order valence-electron chi connectivity index (χ1n) is 13.3. The Morgan fingerprint density at radius 1 is 0.684 bits per heavy atom. The minimum absolute atomic E-state index is 0.0756. The fourth-order valence-electron chi connectivity index (χ4n) is 5.89. The van der Waals surface area contributed by atoms with Crippen LogP contribution < -0.4 is 11.2 Å². The van der Waals surface area contributed by atoms with Gasteiger partial charge in [0, 0.05) is 56.5 Å².